The maximum absolute atomic E-state index is 14.8. The Labute approximate surface area is 614 Å². The summed E-state index contributed by atoms with van der Waals surface area (Å²) in [7, 11) is -9.68. The number of hydrogen-bond donors (Lipinski definition) is 7. The van der Waals surface area contributed by atoms with Crippen molar-refractivity contribution >= 4 is 45.0 Å². The highest BCUT2D eigenvalue weighted by molar-refractivity contribution is 7.48. The molecule has 7 aliphatic rings. The van der Waals surface area contributed by atoms with Gasteiger partial charge >= 0.3 is 38.7 Å². The van der Waals surface area contributed by atoms with Gasteiger partial charge < -0.3 is 58.4 Å². The summed E-state index contributed by atoms with van der Waals surface area (Å²) in [6.45, 7) is 20.2. The summed E-state index contributed by atoms with van der Waals surface area (Å²) in [4.78, 5) is 162. The van der Waals surface area contributed by atoms with E-state index < -0.39 is 196 Å². The Kier molecular flexibility index (Phi) is 24.2. The van der Waals surface area contributed by atoms with Crippen LogP contribution in [0.25, 0.3) is 4.85 Å². The summed E-state index contributed by atoms with van der Waals surface area (Å²) in [5.74, 6) is -5.09. The van der Waals surface area contributed by atoms with E-state index in [2.05, 4.69) is 25.1 Å². The number of ether oxygens (including phenoxy) is 7. The van der Waals surface area contributed by atoms with E-state index in [4.69, 9.17) is 62.3 Å². The molecule has 17 unspecified atom stereocenters. The van der Waals surface area contributed by atoms with Gasteiger partial charge in [0, 0.05) is 78.4 Å². The molecule has 5 aromatic rings. The number of aliphatic hydroxyl groups is 2. The van der Waals surface area contributed by atoms with Crippen LogP contribution in [0.3, 0.4) is 0 Å². The fourth-order valence-electron chi connectivity index (χ4n) is 13.6. The van der Waals surface area contributed by atoms with Gasteiger partial charge in [-0.1, -0.05) is 48.9 Å². The fourth-order valence-corrected chi connectivity index (χ4v) is 16.0. The Balaban J connectivity index is 0.000000250. The maximum Gasteiger partial charge on any atom is 0.475 e. The molecule has 17 atom stereocenters. The standard InChI is InChI=1S/C48H56N5O15P.C21H27N4O13P/c1-9-48-25-62-42(46(67-48)53-22-29(5)40(56)39(45(53)59)41(57)33-12-10-26(2)11-13-33)43(48)68-69(61,63-17-16-49-8)64-24-35-34(20-37(65-35)52-23-30(6)44(58)51-47(52)60)66-38(55)15-14-36(54)50-21-32-18-27(3)31(7)28(4)19-32;1-9-4-24(19(30)22-16(9)28)13-3-11(27)12(36-13)6-35-39(32,33)38-15-14-18(37-21(15,7-26)8-34-14)25-5-10(2)17(29)23-20(25)31/h10-13,18-19,22-23,34-35,37,39,42-43,46H,9,14-17,20-21,24-25H2,1-7H3,(H,50,54)(H,51,58,60);4-5,11-15,18,26-27H,3,6-8H2,1-2H3,(H,32,33)(H,22,28,30)(H,23,29,31). The number of aromatic nitrogens is 6. The average Bonchev–Trinajstić information content (AvgIpc) is 1.57. The predicted octanol–water partition coefficient (Wildman–Crippen LogP) is 2.05. The Morgan fingerprint density at radius 2 is 1.24 bits per heavy atom. The number of Topliss-reactive ketones (excluding diaryl/α,β-unsaturated/α-hetero) is 2. The molecule has 6 saturated heterocycles. The second kappa shape index (κ2) is 32.5. The highest BCUT2D eigenvalue weighted by atomic mass is 31.2. The van der Waals surface area contributed by atoms with Crippen molar-refractivity contribution in [2.24, 2.45) is 5.92 Å². The predicted molar refractivity (Wildman–Crippen MR) is 371 cm³/mol. The minimum atomic E-state index is -4.90. The second-order valence-corrected chi connectivity index (χ2v) is 30.5. The molecule has 7 aliphatic heterocycles. The molecule has 582 valence electrons. The summed E-state index contributed by atoms with van der Waals surface area (Å²) >= 11 is 0. The Bertz CT molecular complexity index is 4870. The molecule has 108 heavy (non-hydrogen) atoms. The third-order valence-electron chi connectivity index (χ3n) is 19.9. The zero-order valence-corrected chi connectivity index (χ0v) is 61.9. The summed E-state index contributed by atoms with van der Waals surface area (Å²) in [5.41, 5.74) is -1.09. The number of amides is 2. The van der Waals surface area contributed by atoms with Gasteiger partial charge in [-0.05, 0) is 84.1 Å². The van der Waals surface area contributed by atoms with Crippen LogP contribution in [-0.4, -0.2) is 190 Å². The van der Waals surface area contributed by atoms with Crippen LogP contribution < -0.4 is 39.1 Å². The smallest absolute Gasteiger partial charge is 0.459 e. The number of phosphoric acid groups is 2. The number of allylic oxidation sites excluding steroid dienone is 1. The third-order valence-corrected chi connectivity index (χ3v) is 22.4. The van der Waals surface area contributed by atoms with Crippen LogP contribution in [0.4, 0.5) is 0 Å². The number of carbonyl (C=O) groups excluding carboxylic acids is 5. The van der Waals surface area contributed by atoms with Gasteiger partial charge in [-0.15, -0.1) is 0 Å². The number of carbonyl (C=O) groups is 5. The number of rotatable bonds is 27. The van der Waals surface area contributed by atoms with Crippen molar-refractivity contribution in [3.8, 4) is 0 Å². The molecule has 37 nitrogen and oxygen atoms in total. The number of hydrogen-bond acceptors (Lipinski definition) is 27. The van der Waals surface area contributed by atoms with Crippen LogP contribution in [0.1, 0.15) is 120 Å². The van der Waals surface area contributed by atoms with E-state index in [1.165, 1.54) is 52.5 Å². The Morgan fingerprint density at radius 1 is 0.694 bits per heavy atom. The van der Waals surface area contributed by atoms with Crippen LogP contribution in [-0.2, 0) is 90.6 Å². The van der Waals surface area contributed by atoms with Crippen LogP contribution >= 0.6 is 15.6 Å². The SMILES string of the molecule is Cc1cn(C2CC(O)C(COP(=O)(O)OC3C4OCC3(CO)OC4n3cc(C)c(=O)[nH]c3=O)O2)c(=O)[nH]c1=O.[C-]#[N+]CCOP(=O)(OCC1OC(n2cc(C)c(=O)[nH]c2=O)CC1OC(=O)CCC(=O)NCc1cc(C)c(C)c(C)c1)OC1C2OCC1(CC)OC2N1C=C(C)C(=O)C(C(=O)c2ccc(C)cc2)C1=O. The minimum absolute atomic E-state index is 0.0645. The number of aromatic amines is 3. The molecule has 7 N–H and O–H groups in total. The van der Waals surface area contributed by atoms with E-state index in [0.717, 1.165) is 46.4 Å². The van der Waals surface area contributed by atoms with Crippen molar-refractivity contribution in [1.82, 2.24) is 38.9 Å². The number of phosphoric ester groups is 2. The summed E-state index contributed by atoms with van der Waals surface area (Å²) < 4.78 is 101. The molecule has 10 heterocycles. The normalized spacial score (nSPS) is 28.8. The van der Waals surface area contributed by atoms with E-state index in [0.29, 0.717) is 0 Å². The number of aryl methyl sites for hydroxylation is 6. The van der Waals surface area contributed by atoms with E-state index in [-0.39, 0.29) is 86.2 Å². The summed E-state index contributed by atoms with van der Waals surface area (Å²) in [5, 5.41) is 23.2. The van der Waals surface area contributed by atoms with Crippen molar-refractivity contribution in [2.45, 2.75) is 186 Å². The number of nitrogens with zero attached hydrogens (tertiary/aromatic N) is 5. The number of esters is 1. The van der Waals surface area contributed by atoms with Gasteiger partial charge in [-0.2, -0.15) is 0 Å². The number of benzene rings is 2. The highest BCUT2D eigenvalue weighted by Gasteiger charge is 2.67. The van der Waals surface area contributed by atoms with Gasteiger partial charge in [-0.25, -0.2) is 30.1 Å². The quantitative estimate of drug-likeness (QED) is 0.00987. The molecule has 0 radical (unpaired) electrons. The van der Waals surface area contributed by atoms with E-state index in [1.807, 2.05) is 39.8 Å². The number of ketones is 2. The Morgan fingerprint density at radius 3 is 1.84 bits per heavy atom. The molecule has 2 amide bonds. The highest BCUT2D eigenvalue weighted by Crippen LogP contribution is 2.58. The van der Waals surface area contributed by atoms with Gasteiger partial charge in [0.05, 0.1) is 45.6 Å². The van der Waals surface area contributed by atoms with Gasteiger partial charge in [0.25, 0.3) is 16.7 Å². The Hall–Kier alpha value is -8.64. The van der Waals surface area contributed by atoms with Gasteiger partial charge in [0.2, 0.25) is 18.4 Å². The lowest BCUT2D eigenvalue weighted by Gasteiger charge is -2.37. The number of aliphatic hydroxyl groups excluding tert-OH is 2. The zero-order chi connectivity index (χ0) is 78.2. The van der Waals surface area contributed by atoms with Crippen molar-refractivity contribution < 1.29 is 104 Å². The van der Waals surface area contributed by atoms with E-state index >= 15 is 0 Å². The first-order valence-corrected chi connectivity index (χ1v) is 37.5. The molecule has 3 aromatic heterocycles. The van der Waals surface area contributed by atoms with Crippen LogP contribution in [0.2, 0.25) is 0 Å². The molecule has 0 spiro atoms. The number of nitrogens with one attached hydrogen (secondary N) is 4. The third kappa shape index (κ3) is 16.9. The maximum atomic E-state index is 14.8. The first-order valence-electron chi connectivity index (χ1n) is 34.5. The summed E-state index contributed by atoms with van der Waals surface area (Å²) in [6, 6.07) is 10.4. The monoisotopic (exact) mass is 1550 g/mol. The first-order chi connectivity index (χ1) is 51.1. The average molecular weight is 1550 g/mol. The van der Waals surface area contributed by atoms with E-state index in [1.54, 1.807) is 31.2 Å². The zero-order valence-electron chi connectivity index (χ0n) is 60.1. The lowest BCUT2D eigenvalue weighted by atomic mass is 9.86. The number of H-pyrrole nitrogens is 3. The molecular formula is C69H83N9O28P2. The molecule has 6 fully saturated rings. The molecule has 0 aliphatic carbocycles. The van der Waals surface area contributed by atoms with Crippen molar-refractivity contribution in [3.05, 3.63) is 191 Å². The van der Waals surface area contributed by atoms with Gasteiger partial charge in [-0.3, -0.25) is 94.5 Å². The van der Waals surface area contributed by atoms with Gasteiger partial charge in [0.1, 0.15) is 73.0 Å². The van der Waals surface area contributed by atoms with Crippen molar-refractivity contribution in [2.75, 3.05) is 46.2 Å². The summed E-state index contributed by atoms with van der Waals surface area (Å²) in [6.07, 6.45) is -9.57. The van der Waals surface area contributed by atoms with Crippen LogP contribution in [0.5, 0.6) is 0 Å². The molecule has 0 saturated carbocycles. The second-order valence-electron chi connectivity index (χ2n) is 27.5. The molecule has 2 aromatic carbocycles. The van der Waals surface area contributed by atoms with Crippen molar-refractivity contribution in [3.63, 3.8) is 0 Å². The van der Waals surface area contributed by atoms with Crippen LogP contribution in [0, 0.1) is 61.0 Å². The van der Waals surface area contributed by atoms with Gasteiger partial charge in [0.15, 0.2) is 29.9 Å². The molecule has 12 rings (SSSR count). The lowest BCUT2D eigenvalue weighted by Crippen LogP contribution is -2.54. The topological polar surface area (TPSA) is 475 Å². The fraction of sp³-hybridized carbons (Fsp3) is 0.536. The first kappa shape index (κ1) is 80.4. The molecule has 4 bridgehead atoms. The van der Waals surface area contributed by atoms with Crippen LogP contribution in [0.15, 0.2) is 95.5 Å². The molecule has 39 heteroatoms. The lowest BCUT2D eigenvalue weighted by molar-refractivity contribution is -0.194. The van der Waals surface area contributed by atoms with Crippen molar-refractivity contribution in [1.29, 1.82) is 0 Å². The minimum Gasteiger partial charge on any atom is -0.459 e. The molecular weight excluding hydrogens is 1460 g/mol. The number of fused-ring (bicyclic) bond motifs is 4. The van der Waals surface area contributed by atoms with E-state index in [9.17, 15) is 77.0 Å². The largest absolute Gasteiger partial charge is 0.475 e.